The second-order valence-electron chi connectivity index (χ2n) is 5.75. The molecule has 110 valence electrons. The molecule has 3 N–H and O–H groups in total. The Hall–Kier alpha value is -1.62. The van der Waals surface area contributed by atoms with Gasteiger partial charge >= 0.3 is 0 Å². The molecule has 1 saturated carbocycles. The second-order valence-corrected chi connectivity index (χ2v) is 5.75. The van der Waals surface area contributed by atoms with E-state index in [0.717, 1.165) is 6.54 Å². The fourth-order valence-corrected chi connectivity index (χ4v) is 2.10. The Kier molecular flexibility index (Phi) is 4.60. The maximum Gasteiger partial charge on any atom is 0.238 e. The molecule has 4 nitrogen and oxygen atoms in total. The number of benzene rings is 1. The number of carbonyl (C=O) groups is 1. The molecule has 1 fully saturated rings. The van der Waals surface area contributed by atoms with Gasteiger partial charge < -0.3 is 11.1 Å². The molecule has 0 spiro atoms. The number of nitrogens with one attached hydrogen (secondary N) is 1. The van der Waals surface area contributed by atoms with Crippen LogP contribution in [0.3, 0.4) is 0 Å². The molecule has 1 aromatic rings. The molecular weight excluding hydrogens is 257 g/mol. The van der Waals surface area contributed by atoms with Crippen molar-refractivity contribution >= 4 is 17.3 Å². The first kappa shape index (κ1) is 14.8. The average molecular weight is 279 g/mol. The lowest BCUT2D eigenvalue weighted by Gasteiger charge is -2.25. The van der Waals surface area contributed by atoms with Gasteiger partial charge in [0.05, 0.1) is 12.2 Å². The minimum Gasteiger partial charge on any atom is -0.399 e. The van der Waals surface area contributed by atoms with E-state index in [9.17, 15) is 9.18 Å². The summed E-state index contributed by atoms with van der Waals surface area (Å²) in [4.78, 5) is 14.2. The van der Waals surface area contributed by atoms with Crippen molar-refractivity contribution < 1.29 is 9.18 Å². The van der Waals surface area contributed by atoms with Crippen molar-refractivity contribution in [2.24, 2.45) is 5.92 Å². The van der Waals surface area contributed by atoms with Crippen LogP contribution in [0.2, 0.25) is 0 Å². The molecule has 2 rings (SSSR count). The molecule has 0 unspecified atom stereocenters. The number of amides is 1. The Balaban J connectivity index is 1.94. The Labute approximate surface area is 119 Å². The molecule has 20 heavy (non-hydrogen) atoms. The van der Waals surface area contributed by atoms with Gasteiger partial charge in [-0.05, 0) is 50.8 Å². The summed E-state index contributed by atoms with van der Waals surface area (Å²) in [5, 5.41) is 2.59. The summed E-state index contributed by atoms with van der Waals surface area (Å²) in [6.45, 7) is 5.35. The lowest BCUT2D eigenvalue weighted by atomic mass is 10.2. The van der Waals surface area contributed by atoms with Crippen LogP contribution in [-0.2, 0) is 4.79 Å². The third-order valence-corrected chi connectivity index (χ3v) is 3.53. The van der Waals surface area contributed by atoms with Gasteiger partial charge in [-0.1, -0.05) is 0 Å². The van der Waals surface area contributed by atoms with Crippen LogP contribution in [0.4, 0.5) is 15.8 Å². The third-order valence-electron chi connectivity index (χ3n) is 3.53. The van der Waals surface area contributed by atoms with Crippen molar-refractivity contribution in [1.82, 2.24) is 4.90 Å². The zero-order valence-electron chi connectivity index (χ0n) is 12.0. The number of rotatable bonds is 6. The van der Waals surface area contributed by atoms with Crippen molar-refractivity contribution in [2.45, 2.75) is 32.7 Å². The van der Waals surface area contributed by atoms with Gasteiger partial charge in [-0.15, -0.1) is 0 Å². The Bertz CT molecular complexity index is 486. The van der Waals surface area contributed by atoms with Crippen LogP contribution in [0.25, 0.3) is 0 Å². The molecule has 1 amide bonds. The first-order valence-corrected chi connectivity index (χ1v) is 7.04. The maximum absolute atomic E-state index is 13.6. The highest BCUT2D eigenvalue weighted by Crippen LogP contribution is 2.30. The van der Waals surface area contributed by atoms with Gasteiger partial charge in [0.1, 0.15) is 5.82 Å². The molecule has 0 saturated heterocycles. The zero-order chi connectivity index (χ0) is 14.7. The van der Waals surface area contributed by atoms with Crippen LogP contribution in [0.15, 0.2) is 18.2 Å². The minimum atomic E-state index is -0.467. The minimum absolute atomic E-state index is 0.144. The lowest BCUT2D eigenvalue weighted by molar-refractivity contribution is -0.117. The summed E-state index contributed by atoms with van der Waals surface area (Å²) >= 11 is 0. The van der Waals surface area contributed by atoms with Crippen LogP contribution in [0.1, 0.15) is 26.7 Å². The largest absolute Gasteiger partial charge is 0.399 e. The van der Waals surface area contributed by atoms with E-state index in [2.05, 4.69) is 24.1 Å². The predicted octanol–water partition coefficient (Wildman–Crippen LogP) is 2.47. The lowest BCUT2D eigenvalue weighted by Crippen LogP contribution is -2.39. The summed E-state index contributed by atoms with van der Waals surface area (Å²) in [5.74, 6) is 0.0454. The Morgan fingerprint density at radius 1 is 1.50 bits per heavy atom. The van der Waals surface area contributed by atoms with Crippen molar-refractivity contribution in [3.05, 3.63) is 24.0 Å². The van der Waals surface area contributed by atoms with E-state index in [-0.39, 0.29) is 18.1 Å². The number of carbonyl (C=O) groups excluding carboxylic acids is 1. The van der Waals surface area contributed by atoms with Crippen molar-refractivity contribution in [1.29, 1.82) is 0 Å². The van der Waals surface area contributed by atoms with Gasteiger partial charge in [0.25, 0.3) is 0 Å². The van der Waals surface area contributed by atoms with Crippen molar-refractivity contribution in [3.8, 4) is 0 Å². The molecule has 0 aromatic heterocycles. The summed E-state index contributed by atoms with van der Waals surface area (Å²) in [6.07, 6.45) is 2.49. The van der Waals surface area contributed by atoms with Crippen molar-refractivity contribution in [2.75, 3.05) is 24.1 Å². The van der Waals surface area contributed by atoms with E-state index in [0.29, 0.717) is 17.6 Å². The van der Waals surface area contributed by atoms with Crippen molar-refractivity contribution in [3.63, 3.8) is 0 Å². The number of halogens is 1. The molecule has 1 aromatic carbocycles. The van der Waals surface area contributed by atoms with Crippen LogP contribution < -0.4 is 11.1 Å². The van der Waals surface area contributed by atoms with Gasteiger partial charge in [-0.2, -0.15) is 0 Å². The van der Waals surface area contributed by atoms with Crippen LogP contribution >= 0.6 is 0 Å². The average Bonchev–Trinajstić information content (AvgIpc) is 3.17. The fraction of sp³-hybridized carbons (Fsp3) is 0.533. The molecule has 0 atom stereocenters. The van der Waals surface area contributed by atoms with Gasteiger partial charge in [0.15, 0.2) is 0 Å². The molecule has 0 bridgehead atoms. The van der Waals surface area contributed by atoms with Crippen LogP contribution in [0, 0.1) is 11.7 Å². The first-order valence-electron chi connectivity index (χ1n) is 7.04. The van der Waals surface area contributed by atoms with Gasteiger partial charge in [0, 0.05) is 18.3 Å². The van der Waals surface area contributed by atoms with Crippen LogP contribution in [-0.4, -0.2) is 29.9 Å². The summed E-state index contributed by atoms with van der Waals surface area (Å²) in [6, 6.07) is 4.47. The predicted molar refractivity (Wildman–Crippen MR) is 78.9 cm³/mol. The standard InChI is InChI=1S/C15H22FN3O/c1-10(2)19(8-11-3-4-11)9-15(20)18-14-7-12(17)5-6-13(14)16/h5-7,10-11H,3-4,8-9,17H2,1-2H3,(H,18,20). The van der Waals surface area contributed by atoms with Gasteiger partial charge in [-0.3, -0.25) is 9.69 Å². The van der Waals surface area contributed by atoms with E-state index in [1.807, 2.05) is 0 Å². The van der Waals surface area contributed by atoms with E-state index < -0.39 is 5.82 Å². The second kappa shape index (κ2) is 6.22. The number of nitrogens with two attached hydrogens (primary N) is 1. The maximum atomic E-state index is 13.6. The smallest absolute Gasteiger partial charge is 0.238 e. The molecule has 0 radical (unpaired) electrons. The van der Waals surface area contributed by atoms with E-state index >= 15 is 0 Å². The fourth-order valence-electron chi connectivity index (χ4n) is 2.10. The highest BCUT2D eigenvalue weighted by molar-refractivity contribution is 5.92. The Morgan fingerprint density at radius 2 is 2.20 bits per heavy atom. The monoisotopic (exact) mass is 279 g/mol. The molecule has 0 heterocycles. The number of nitrogens with zero attached hydrogens (tertiary/aromatic N) is 1. The number of hydrogen-bond donors (Lipinski definition) is 2. The SMILES string of the molecule is CC(C)N(CC(=O)Nc1cc(N)ccc1F)CC1CC1. The van der Waals surface area contributed by atoms with Gasteiger partial charge in [0.2, 0.25) is 5.91 Å². The summed E-state index contributed by atoms with van der Waals surface area (Å²) < 4.78 is 13.6. The van der Waals surface area contributed by atoms with E-state index in [1.54, 1.807) is 0 Å². The number of hydrogen-bond acceptors (Lipinski definition) is 3. The molecule has 1 aliphatic rings. The topological polar surface area (TPSA) is 58.4 Å². The highest BCUT2D eigenvalue weighted by Gasteiger charge is 2.26. The molecule has 5 heteroatoms. The van der Waals surface area contributed by atoms with Gasteiger partial charge in [-0.25, -0.2) is 4.39 Å². The zero-order valence-corrected chi connectivity index (χ0v) is 12.0. The van der Waals surface area contributed by atoms with E-state index in [1.165, 1.54) is 31.0 Å². The summed E-state index contributed by atoms with van der Waals surface area (Å²) in [5.41, 5.74) is 6.17. The quantitative estimate of drug-likeness (QED) is 0.786. The third kappa shape index (κ3) is 4.20. The normalized spacial score (nSPS) is 14.8. The number of nitrogen functional groups attached to an aromatic ring is 1. The molecular formula is C15H22FN3O. The first-order chi connectivity index (χ1) is 9.45. The molecule has 0 aliphatic heterocycles. The van der Waals surface area contributed by atoms with E-state index in [4.69, 9.17) is 5.73 Å². The molecule has 1 aliphatic carbocycles. The van der Waals surface area contributed by atoms with Crippen LogP contribution in [0.5, 0.6) is 0 Å². The summed E-state index contributed by atoms with van der Waals surface area (Å²) in [7, 11) is 0. The Morgan fingerprint density at radius 3 is 2.80 bits per heavy atom. The number of anilines is 2. The highest BCUT2D eigenvalue weighted by atomic mass is 19.1.